The maximum Gasteiger partial charge on any atom is 0.405 e. The number of hydrogen-bond acceptors (Lipinski definition) is 2. The van der Waals surface area contributed by atoms with Crippen LogP contribution >= 0.6 is 12.4 Å². The van der Waals surface area contributed by atoms with Gasteiger partial charge < -0.3 is 16.2 Å². The summed E-state index contributed by atoms with van der Waals surface area (Å²) in [5, 5.41) is 11.1. The van der Waals surface area contributed by atoms with Gasteiger partial charge in [0.1, 0.15) is 0 Å². The summed E-state index contributed by atoms with van der Waals surface area (Å²) in [6, 6.07) is 9.21. The molecule has 5 heteroatoms. The van der Waals surface area contributed by atoms with Gasteiger partial charge in [0.25, 0.3) is 0 Å². The summed E-state index contributed by atoms with van der Waals surface area (Å²) in [4.78, 5) is 10.5. The van der Waals surface area contributed by atoms with Crippen LogP contribution < -0.4 is 11.1 Å². The molecule has 0 fully saturated rings. The first-order chi connectivity index (χ1) is 6.74. The maximum absolute atomic E-state index is 10.5. The molecule has 0 bridgehead atoms. The van der Waals surface area contributed by atoms with Crippen molar-refractivity contribution < 1.29 is 9.90 Å². The second kappa shape index (κ2) is 7.09. The molecule has 0 aliphatic heterocycles. The van der Waals surface area contributed by atoms with E-state index in [9.17, 15) is 4.79 Å². The third-order valence-corrected chi connectivity index (χ3v) is 1.95. The van der Waals surface area contributed by atoms with Crippen molar-refractivity contribution in [2.45, 2.75) is 12.5 Å². The number of rotatable bonds is 4. The molecule has 1 amide bonds. The van der Waals surface area contributed by atoms with Crippen LogP contribution in [0.3, 0.4) is 0 Å². The van der Waals surface area contributed by atoms with Crippen LogP contribution in [0.2, 0.25) is 0 Å². The summed E-state index contributed by atoms with van der Waals surface area (Å²) in [7, 11) is 0. The topological polar surface area (TPSA) is 75.3 Å². The molecule has 1 rings (SSSR count). The Morgan fingerprint density at radius 3 is 2.47 bits per heavy atom. The van der Waals surface area contributed by atoms with Crippen molar-refractivity contribution in [3.05, 3.63) is 35.9 Å². The van der Waals surface area contributed by atoms with Gasteiger partial charge in [-0.1, -0.05) is 30.3 Å². The minimum atomic E-state index is -1.02. The van der Waals surface area contributed by atoms with Gasteiger partial charge in [-0.2, -0.15) is 0 Å². The van der Waals surface area contributed by atoms with Gasteiger partial charge in [0.05, 0.1) is 6.04 Å². The first kappa shape index (κ1) is 13.7. The van der Waals surface area contributed by atoms with E-state index in [4.69, 9.17) is 10.8 Å². The molecule has 0 aromatic heterocycles. The molecule has 0 saturated carbocycles. The lowest BCUT2D eigenvalue weighted by molar-refractivity contribution is 0.189. The average Bonchev–Trinajstić information content (AvgIpc) is 2.18. The number of hydrogen-bond donors (Lipinski definition) is 3. The van der Waals surface area contributed by atoms with Crippen molar-refractivity contribution in [3.8, 4) is 0 Å². The largest absolute Gasteiger partial charge is 0.465 e. The zero-order valence-electron chi connectivity index (χ0n) is 8.22. The molecule has 0 radical (unpaired) electrons. The fourth-order valence-corrected chi connectivity index (χ4v) is 1.32. The first-order valence-corrected chi connectivity index (χ1v) is 4.48. The van der Waals surface area contributed by atoms with Crippen LogP contribution in [-0.4, -0.2) is 17.7 Å². The zero-order valence-corrected chi connectivity index (χ0v) is 9.04. The van der Waals surface area contributed by atoms with E-state index in [0.29, 0.717) is 13.0 Å². The lowest BCUT2D eigenvalue weighted by Gasteiger charge is -2.15. The molecule has 0 heterocycles. The smallest absolute Gasteiger partial charge is 0.405 e. The van der Waals surface area contributed by atoms with E-state index in [1.807, 2.05) is 30.3 Å². The number of nitrogens with one attached hydrogen (secondary N) is 1. The molecule has 15 heavy (non-hydrogen) atoms. The van der Waals surface area contributed by atoms with Crippen LogP contribution in [0.15, 0.2) is 30.3 Å². The molecule has 1 aromatic rings. The predicted octanol–water partition coefficient (Wildman–Crippen LogP) is 1.77. The van der Waals surface area contributed by atoms with Gasteiger partial charge in [-0.3, -0.25) is 0 Å². The van der Waals surface area contributed by atoms with Gasteiger partial charge in [0.2, 0.25) is 0 Å². The molecule has 1 aromatic carbocycles. The van der Waals surface area contributed by atoms with Crippen molar-refractivity contribution in [3.63, 3.8) is 0 Å². The SMILES string of the molecule is Cl.NCCC(NC(=O)O)c1ccccc1. The summed E-state index contributed by atoms with van der Waals surface area (Å²) < 4.78 is 0. The maximum atomic E-state index is 10.5. The Morgan fingerprint density at radius 2 is 2.00 bits per heavy atom. The Hall–Kier alpha value is -1.26. The van der Waals surface area contributed by atoms with Crippen LogP contribution in [0.1, 0.15) is 18.0 Å². The number of benzene rings is 1. The van der Waals surface area contributed by atoms with Crippen LogP contribution in [0.4, 0.5) is 4.79 Å². The second-order valence-electron chi connectivity index (χ2n) is 2.99. The van der Waals surface area contributed by atoms with E-state index in [-0.39, 0.29) is 18.4 Å². The molecule has 0 spiro atoms. The van der Waals surface area contributed by atoms with Gasteiger partial charge in [-0.15, -0.1) is 12.4 Å². The Morgan fingerprint density at radius 1 is 1.40 bits per heavy atom. The summed E-state index contributed by atoms with van der Waals surface area (Å²) >= 11 is 0. The summed E-state index contributed by atoms with van der Waals surface area (Å²) in [6.07, 6.45) is -0.414. The summed E-state index contributed by atoms with van der Waals surface area (Å²) in [6.45, 7) is 0.458. The van der Waals surface area contributed by atoms with E-state index in [2.05, 4.69) is 5.32 Å². The number of nitrogens with two attached hydrogens (primary N) is 1. The molecule has 0 aliphatic rings. The second-order valence-corrected chi connectivity index (χ2v) is 2.99. The van der Waals surface area contributed by atoms with Crippen molar-refractivity contribution >= 4 is 18.5 Å². The highest BCUT2D eigenvalue weighted by atomic mass is 35.5. The van der Waals surface area contributed by atoms with Crippen molar-refractivity contribution in [1.82, 2.24) is 5.32 Å². The van der Waals surface area contributed by atoms with Gasteiger partial charge in [0, 0.05) is 0 Å². The first-order valence-electron chi connectivity index (χ1n) is 4.48. The van der Waals surface area contributed by atoms with Crippen LogP contribution in [-0.2, 0) is 0 Å². The molecular weight excluding hydrogens is 216 g/mol. The van der Waals surface area contributed by atoms with E-state index in [1.165, 1.54) is 0 Å². The minimum absolute atomic E-state index is 0. The average molecular weight is 231 g/mol. The Kier molecular flexibility index (Phi) is 6.49. The van der Waals surface area contributed by atoms with Gasteiger partial charge in [0.15, 0.2) is 0 Å². The van der Waals surface area contributed by atoms with Crippen LogP contribution in [0.25, 0.3) is 0 Å². The quantitative estimate of drug-likeness (QED) is 0.738. The molecule has 0 saturated heterocycles. The Labute approximate surface area is 94.9 Å². The molecular formula is C10H15ClN2O2. The van der Waals surface area contributed by atoms with Crippen molar-refractivity contribution in [2.75, 3.05) is 6.54 Å². The minimum Gasteiger partial charge on any atom is -0.465 e. The van der Waals surface area contributed by atoms with E-state index in [1.54, 1.807) is 0 Å². The third kappa shape index (κ3) is 4.67. The molecule has 1 unspecified atom stereocenters. The highest BCUT2D eigenvalue weighted by Gasteiger charge is 2.11. The van der Waals surface area contributed by atoms with Gasteiger partial charge >= 0.3 is 6.09 Å². The lowest BCUT2D eigenvalue weighted by atomic mass is 10.0. The fourth-order valence-electron chi connectivity index (χ4n) is 1.32. The highest BCUT2D eigenvalue weighted by molar-refractivity contribution is 5.85. The number of amides is 1. The number of carboxylic acid groups (broad SMARTS) is 1. The Balaban J connectivity index is 0.00000196. The standard InChI is InChI=1S/C10H14N2O2.ClH/c11-7-6-9(12-10(13)14)8-4-2-1-3-5-8;/h1-5,9,12H,6-7,11H2,(H,13,14);1H. The van der Waals surface area contributed by atoms with E-state index >= 15 is 0 Å². The van der Waals surface area contributed by atoms with Gasteiger partial charge in [-0.25, -0.2) is 4.79 Å². The van der Waals surface area contributed by atoms with Crippen molar-refractivity contribution in [1.29, 1.82) is 0 Å². The monoisotopic (exact) mass is 230 g/mol. The third-order valence-electron chi connectivity index (χ3n) is 1.95. The fraction of sp³-hybridized carbons (Fsp3) is 0.300. The van der Waals surface area contributed by atoms with Gasteiger partial charge in [-0.05, 0) is 18.5 Å². The summed E-state index contributed by atoms with van der Waals surface area (Å²) in [5.74, 6) is 0. The molecule has 4 nitrogen and oxygen atoms in total. The summed E-state index contributed by atoms with van der Waals surface area (Å²) in [5.41, 5.74) is 6.35. The molecule has 84 valence electrons. The molecule has 1 atom stereocenters. The molecule has 0 aliphatic carbocycles. The van der Waals surface area contributed by atoms with Crippen LogP contribution in [0.5, 0.6) is 0 Å². The van der Waals surface area contributed by atoms with E-state index in [0.717, 1.165) is 5.56 Å². The predicted molar refractivity (Wildman–Crippen MR) is 61.3 cm³/mol. The lowest BCUT2D eigenvalue weighted by Crippen LogP contribution is -2.28. The van der Waals surface area contributed by atoms with Crippen molar-refractivity contribution in [2.24, 2.45) is 5.73 Å². The Bertz CT molecular complexity index is 293. The van der Waals surface area contributed by atoms with Crippen LogP contribution in [0, 0.1) is 0 Å². The normalized spacial score (nSPS) is 11.3. The molecule has 4 N–H and O–H groups in total. The zero-order chi connectivity index (χ0) is 10.4. The number of halogens is 1. The van der Waals surface area contributed by atoms with E-state index < -0.39 is 6.09 Å². The number of carbonyl (C=O) groups is 1. The highest BCUT2D eigenvalue weighted by Crippen LogP contribution is 2.15.